The minimum Gasteiger partial charge on any atom is -0.487 e. The van der Waals surface area contributed by atoms with Crippen molar-refractivity contribution >= 4 is 28.7 Å². The smallest absolute Gasteiger partial charge is 0.233 e. The van der Waals surface area contributed by atoms with E-state index in [1.165, 1.54) is 17.3 Å². The predicted molar refractivity (Wildman–Crippen MR) is 127 cm³/mol. The van der Waals surface area contributed by atoms with Gasteiger partial charge in [0.2, 0.25) is 11.8 Å². The number of rotatable bonds is 7. The van der Waals surface area contributed by atoms with E-state index in [9.17, 15) is 4.79 Å². The third kappa shape index (κ3) is 4.63. The molecule has 3 heterocycles. The van der Waals surface area contributed by atoms with Crippen molar-refractivity contribution in [2.75, 3.05) is 19.4 Å². The summed E-state index contributed by atoms with van der Waals surface area (Å²) in [5.41, 5.74) is 5.74. The number of thioether (sulfide) groups is 1. The van der Waals surface area contributed by atoms with E-state index in [2.05, 4.69) is 25.5 Å². The van der Waals surface area contributed by atoms with E-state index in [4.69, 9.17) is 9.47 Å². The average molecular weight is 462 g/mol. The number of nitrogens with one attached hydrogen (secondary N) is 2. The van der Waals surface area contributed by atoms with Crippen LogP contribution in [0.2, 0.25) is 0 Å². The molecule has 2 N–H and O–H groups in total. The number of para-hydroxylation sites is 1. The second-order valence-electron chi connectivity index (χ2n) is 7.85. The number of H-pyrrole nitrogens is 1. The van der Waals surface area contributed by atoms with Crippen LogP contribution in [-0.4, -0.2) is 51.6 Å². The maximum absolute atomic E-state index is 12.4. The van der Waals surface area contributed by atoms with Crippen molar-refractivity contribution in [2.45, 2.75) is 24.6 Å². The quantitative estimate of drug-likeness (QED) is 0.406. The van der Waals surface area contributed by atoms with Gasteiger partial charge in [-0.2, -0.15) is 0 Å². The highest BCUT2D eigenvalue weighted by Crippen LogP contribution is 2.38. The minimum atomic E-state index is -0.129. The van der Waals surface area contributed by atoms with Crippen molar-refractivity contribution in [2.24, 2.45) is 0 Å². The molecule has 1 aliphatic rings. The number of carbonyl (C=O) groups excluding carboxylic acids is 1. The van der Waals surface area contributed by atoms with E-state index in [0.29, 0.717) is 12.4 Å². The molecule has 0 spiro atoms. The molecule has 33 heavy (non-hydrogen) atoms. The molecule has 0 bridgehead atoms. The lowest BCUT2D eigenvalue weighted by Crippen LogP contribution is -2.35. The van der Waals surface area contributed by atoms with E-state index in [0.717, 1.165) is 45.2 Å². The first-order valence-electron chi connectivity index (χ1n) is 10.6. The molecule has 2 aromatic carbocycles. The number of imidazole rings is 1. The number of carbonyl (C=O) groups is 1. The van der Waals surface area contributed by atoms with Crippen LogP contribution in [0.1, 0.15) is 11.1 Å². The van der Waals surface area contributed by atoms with Gasteiger partial charge in [0.25, 0.3) is 0 Å². The molecule has 1 unspecified atom stereocenters. The first kappa shape index (κ1) is 21.3. The van der Waals surface area contributed by atoms with Gasteiger partial charge in [0.15, 0.2) is 5.16 Å². The molecule has 1 amide bonds. The molecule has 0 saturated carbocycles. The van der Waals surface area contributed by atoms with Gasteiger partial charge in [-0.1, -0.05) is 30.0 Å². The summed E-state index contributed by atoms with van der Waals surface area (Å²) >= 11 is 1.39. The van der Waals surface area contributed by atoms with Crippen LogP contribution in [0.15, 0.2) is 53.7 Å². The summed E-state index contributed by atoms with van der Waals surface area (Å²) < 4.78 is 11.3. The van der Waals surface area contributed by atoms with E-state index in [1.807, 2.05) is 49.4 Å². The molecule has 0 aliphatic carbocycles. The van der Waals surface area contributed by atoms with Crippen molar-refractivity contribution in [3.63, 3.8) is 0 Å². The van der Waals surface area contributed by atoms with Crippen molar-refractivity contribution in [1.29, 1.82) is 0 Å². The zero-order chi connectivity index (χ0) is 22.8. The molecule has 0 saturated heterocycles. The van der Waals surface area contributed by atoms with Gasteiger partial charge in [-0.15, -0.1) is 10.2 Å². The van der Waals surface area contributed by atoms with Crippen LogP contribution in [0.3, 0.4) is 0 Å². The van der Waals surface area contributed by atoms with Gasteiger partial charge in [-0.05, 0) is 42.3 Å². The van der Waals surface area contributed by atoms with Crippen molar-refractivity contribution in [1.82, 2.24) is 25.5 Å². The van der Waals surface area contributed by atoms with Gasteiger partial charge in [-0.3, -0.25) is 4.79 Å². The lowest BCUT2D eigenvalue weighted by Gasteiger charge is -2.13. The monoisotopic (exact) mass is 461 g/mol. The average Bonchev–Trinajstić information content (AvgIpc) is 3.44. The Morgan fingerprint density at radius 3 is 2.97 bits per heavy atom. The number of fused-ring (bicyclic) bond motifs is 2. The first-order valence-corrected chi connectivity index (χ1v) is 11.6. The molecular formula is C24H23N5O3S. The number of hydrogen-bond donors (Lipinski definition) is 2. The lowest BCUT2D eigenvalue weighted by molar-refractivity contribution is -0.118. The summed E-state index contributed by atoms with van der Waals surface area (Å²) in [6, 6.07) is 15.7. The summed E-state index contributed by atoms with van der Waals surface area (Å²) in [7, 11) is 1.56. The molecule has 8 nitrogen and oxygen atoms in total. The molecule has 1 atom stereocenters. The molecule has 1 aliphatic heterocycles. The second kappa shape index (κ2) is 9.11. The van der Waals surface area contributed by atoms with Gasteiger partial charge >= 0.3 is 0 Å². The third-order valence-electron chi connectivity index (χ3n) is 5.44. The van der Waals surface area contributed by atoms with Gasteiger partial charge < -0.3 is 19.8 Å². The molecule has 168 valence electrons. The first-order chi connectivity index (χ1) is 16.1. The van der Waals surface area contributed by atoms with Gasteiger partial charge in [0.1, 0.15) is 11.9 Å². The van der Waals surface area contributed by atoms with Crippen LogP contribution < -0.4 is 14.8 Å². The molecule has 4 aromatic rings. The Bertz CT molecular complexity index is 1310. The highest BCUT2D eigenvalue weighted by atomic mass is 32.2. The van der Waals surface area contributed by atoms with Crippen molar-refractivity contribution < 1.29 is 14.3 Å². The van der Waals surface area contributed by atoms with Crippen LogP contribution in [0.25, 0.3) is 22.3 Å². The number of ether oxygens (including phenoxy) is 2. The SMILES string of the molecule is COc1ccc(-c2cccc3c2OC(CNC(=O)CSc2nc4ccc(C)cc4[nH]2)C3)nn1. The normalized spacial score (nSPS) is 14.7. The Kier molecular flexibility index (Phi) is 5.87. The Morgan fingerprint density at radius 1 is 1.24 bits per heavy atom. The van der Waals surface area contributed by atoms with Gasteiger partial charge in [-0.25, -0.2) is 4.98 Å². The number of aromatic nitrogens is 4. The lowest BCUT2D eigenvalue weighted by atomic mass is 10.0. The Balaban J connectivity index is 1.16. The van der Waals surface area contributed by atoms with E-state index >= 15 is 0 Å². The summed E-state index contributed by atoms with van der Waals surface area (Å²) in [6.07, 6.45) is 0.596. The van der Waals surface area contributed by atoms with Crippen LogP contribution in [0.5, 0.6) is 11.6 Å². The number of aromatic amines is 1. The number of benzene rings is 2. The topological polar surface area (TPSA) is 102 Å². The highest BCUT2D eigenvalue weighted by Gasteiger charge is 2.26. The van der Waals surface area contributed by atoms with E-state index < -0.39 is 0 Å². The molecule has 2 aromatic heterocycles. The Morgan fingerprint density at radius 2 is 2.15 bits per heavy atom. The number of nitrogens with zero attached hydrogens (tertiary/aromatic N) is 3. The summed E-state index contributed by atoms with van der Waals surface area (Å²) in [6.45, 7) is 2.47. The fourth-order valence-electron chi connectivity index (χ4n) is 3.81. The Labute approximate surface area is 195 Å². The number of hydrogen-bond acceptors (Lipinski definition) is 7. The van der Waals surface area contributed by atoms with Crippen LogP contribution >= 0.6 is 11.8 Å². The number of aryl methyl sites for hydroxylation is 1. The molecule has 0 fully saturated rings. The van der Waals surface area contributed by atoms with E-state index in [1.54, 1.807) is 13.2 Å². The van der Waals surface area contributed by atoms with Crippen molar-refractivity contribution in [3.05, 3.63) is 59.7 Å². The third-order valence-corrected chi connectivity index (χ3v) is 6.31. The maximum Gasteiger partial charge on any atom is 0.233 e. The highest BCUT2D eigenvalue weighted by molar-refractivity contribution is 7.99. The zero-order valence-corrected chi connectivity index (χ0v) is 19.1. The standard InChI is InChI=1S/C24H23N5O3S/c1-14-6-7-19-20(10-14)27-24(26-19)33-13-21(30)25-12-16-11-15-4-3-5-17(23(15)32-16)18-8-9-22(31-2)29-28-18/h3-10,16H,11-13H2,1-2H3,(H,25,30)(H,26,27). The molecule has 5 rings (SSSR count). The fourth-order valence-corrected chi connectivity index (χ4v) is 4.52. The maximum atomic E-state index is 12.4. The zero-order valence-electron chi connectivity index (χ0n) is 18.3. The summed E-state index contributed by atoms with van der Waals surface area (Å²) in [5.74, 6) is 1.48. The van der Waals surface area contributed by atoms with Crippen molar-refractivity contribution in [3.8, 4) is 22.9 Å². The van der Waals surface area contributed by atoms with Crippen LogP contribution in [-0.2, 0) is 11.2 Å². The minimum absolute atomic E-state index is 0.0579. The summed E-state index contributed by atoms with van der Waals surface area (Å²) in [4.78, 5) is 20.2. The van der Waals surface area contributed by atoms with Crippen LogP contribution in [0.4, 0.5) is 0 Å². The summed E-state index contributed by atoms with van der Waals surface area (Å²) in [5, 5.41) is 12.0. The predicted octanol–water partition coefficient (Wildman–Crippen LogP) is 3.55. The molecule has 9 heteroatoms. The number of amides is 1. The molecule has 0 radical (unpaired) electrons. The second-order valence-corrected chi connectivity index (χ2v) is 8.82. The van der Waals surface area contributed by atoms with Crippen LogP contribution in [0, 0.1) is 6.92 Å². The Hall–Kier alpha value is -3.59. The number of methoxy groups -OCH3 is 1. The van der Waals surface area contributed by atoms with E-state index in [-0.39, 0.29) is 17.8 Å². The molecular weight excluding hydrogens is 438 g/mol. The fraction of sp³-hybridized carbons (Fsp3) is 0.250. The van der Waals surface area contributed by atoms with Gasteiger partial charge in [0, 0.05) is 18.1 Å². The van der Waals surface area contributed by atoms with Gasteiger partial charge in [0.05, 0.1) is 36.1 Å². The largest absolute Gasteiger partial charge is 0.487 e.